The monoisotopic (exact) mass is 345 g/mol. The Morgan fingerprint density at radius 2 is 2.13 bits per heavy atom. The summed E-state index contributed by atoms with van der Waals surface area (Å²) in [6.45, 7) is 1.30. The summed E-state index contributed by atoms with van der Waals surface area (Å²) in [5.41, 5.74) is -0.837. The Morgan fingerprint density at radius 1 is 1.30 bits per heavy atom. The molecule has 124 valence electrons. The highest BCUT2D eigenvalue weighted by atomic mass is 35.5. The van der Waals surface area contributed by atoms with Crippen molar-refractivity contribution in [2.24, 2.45) is 0 Å². The van der Waals surface area contributed by atoms with E-state index in [0.717, 1.165) is 31.5 Å². The van der Waals surface area contributed by atoms with Gasteiger partial charge in [-0.05, 0) is 25.3 Å². The van der Waals surface area contributed by atoms with Crippen LogP contribution in [0.25, 0.3) is 0 Å². The summed E-state index contributed by atoms with van der Waals surface area (Å²) >= 11 is 6.08. The van der Waals surface area contributed by atoms with Crippen LogP contribution < -0.4 is 4.90 Å². The molecule has 0 N–H and O–H groups in total. The fourth-order valence-electron chi connectivity index (χ4n) is 2.81. The minimum atomic E-state index is -4.45. The molecule has 1 atom stereocenters. The normalized spacial score (nSPS) is 19.1. The minimum absolute atomic E-state index is 0.0188. The molecule has 1 fully saturated rings. The van der Waals surface area contributed by atoms with Crippen molar-refractivity contribution in [2.75, 3.05) is 11.4 Å². The second kappa shape index (κ2) is 6.35. The fourth-order valence-corrected chi connectivity index (χ4v) is 3.08. The molecule has 1 aliphatic heterocycles. The van der Waals surface area contributed by atoms with Gasteiger partial charge in [0, 0.05) is 12.7 Å². The maximum Gasteiger partial charge on any atom is 0.417 e. The first kappa shape index (κ1) is 16.0. The van der Waals surface area contributed by atoms with E-state index < -0.39 is 11.7 Å². The van der Waals surface area contributed by atoms with Crippen molar-refractivity contribution in [3.8, 4) is 0 Å². The maximum absolute atomic E-state index is 12.7. The standard InChI is InChI=1S/C14H15ClF3N5/c15-12-5-10(14(16,17)18)6-20-13(12)23-4-2-1-3-11(23)7-22-9-19-8-21-22/h5-6,8-9,11H,1-4,7H2. The Morgan fingerprint density at radius 3 is 2.78 bits per heavy atom. The van der Waals surface area contributed by atoms with Crippen LogP contribution in [0, 0.1) is 0 Å². The lowest BCUT2D eigenvalue weighted by atomic mass is 10.0. The van der Waals surface area contributed by atoms with Crippen molar-refractivity contribution >= 4 is 17.4 Å². The van der Waals surface area contributed by atoms with Crippen molar-refractivity contribution in [2.45, 2.75) is 38.0 Å². The number of alkyl halides is 3. The van der Waals surface area contributed by atoms with Crippen molar-refractivity contribution < 1.29 is 13.2 Å². The average Bonchev–Trinajstić information content (AvgIpc) is 3.00. The zero-order chi connectivity index (χ0) is 16.4. The molecule has 9 heteroatoms. The molecule has 0 bridgehead atoms. The zero-order valence-electron chi connectivity index (χ0n) is 12.2. The van der Waals surface area contributed by atoms with Crippen LogP contribution in [-0.2, 0) is 12.7 Å². The Balaban J connectivity index is 1.85. The molecule has 0 aromatic carbocycles. The highest BCUT2D eigenvalue weighted by Gasteiger charge is 2.33. The predicted molar refractivity (Wildman–Crippen MR) is 79.3 cm³/mol. The highest BCUT2D eigenvalue weighted by molar-refractivity contribution is 6.33. The van der Waals surface area contributed by atoms with Gasteiger partial charge in [-0.2, -0.15) is 18.3 Å². The Labute approximate surface area is 136 Å². The molecule has 2 aromatic heterocycles. The van der Waals surface area contributed by atoms with Gasteiger partial charge in [0.1, 0.15) is 18.5 Å². The van der Waals surface area contributed by atoms with Crippen LogP contribution >= 0.6 is 11.6 Å². The maximum atomic E-state index is 12.7. The number of pyridine rings is 1. The first-order valence-electron chi connectivity index (χ1n) is 7.27. The van der Waals surface area contributed by atoms with Crippen molar-refractivity contribution in [3.05, 3.63) is 35.5 Å². The Hall–Kier alpha value is -1.83. The molecule has 1 saturated heterocycles. The van der Waals surface area contributed by atoms with Crippen LogP contribution in [0.3, 0.4) is 0 Å². The van der Waals surface area contributed by atoms with Crippen LogP contribution in [-0.4, -0.2) is 32.3 Å². The fraction of sp³-hybridized carbons (Fsp3) is 0.500. The molecule has 0 spiro atoms. The molecular weight excluding hydrogens is 331 g/mol. The zero-order valence-corrected chi connectivity index (χ0v) is 12.9. The van der Waals surface area contributed by atoms with Crippen LogP contribution in [0.1, 0.15) is 24.8 Å². The first-order valence-corrected chi connectivity index (χ1v) is 7.65. The van der Waals surface area contributed by atoms with Gasteiger partial charge in [-0.1, -0.05) is 11.6 Å². The van der Waals surface area contributed by atoms with E-state index in [4.69, 9.17) is 11.6 Å². The van der Waals surface area contributed by atoms with Crippen LogP contribution in [0.4, 0.5) is 19.0 Å². The molecule has 3 rings (SSSR count). The number of hydrogen-bond donors (Lipinski definition) is 0. The lowest BCUT2D eigenvalue weighted by Crippen LogP contribution is -2.43. The summed E-state index contributed by atoms with van der Waals surface area (Å²) in [5.74, 6) is 0.393. The molecule has 0 radical (unpaired) electrons. The molecule has 1 unspecified atom stereocenters. The van der Waals surface area contributed by atoms with Gasteiger partial charge in [0.05, 0.1) is 23.2 Å². The second-order valence-electron chi connectivity index (χ2n) is 5.49. The predicted octanol–water partition coefficient (Wildman–Crippen LogP) is 3.40. The summed E-state index contributed by atoms with van der Waals surface area (Å²) in [7, 11) is 0. The van der Waals surface area contributed by atoms with Crippen LogP contribution in [0.5, 0.6) is 0 Å². The number of nitrogens with zero attached hydrogens (tertiary/aromatic N) is 5. The first-order chi connectivity index (χ1) is 10.9. The lowest BCUT2D eigenvalue weighted by Gasteiger charge is -2.37. The third kappa shape index (κ3) is 3.57. The second-order valence-corrected chi connectivity index (χ2v) is 5.89. The SMILES string of the molecule is FC(F)(F)c1cnc(N2CCCCC2Cn2cncn2)c(Cl)c1. The molecule has 1 aliphatic rings. The van der Waals surface area contributed by atoms with Gasteiger partial charge in [-0.25, -0.2) is 9.97 Å². The molecule has 3 heterocycles. The Kier molecular flexibility index (Phi) is 4.43. The lowest BCUT2D eigenvalue weighted by molar-refractivity contribution is -0.137. The topological polar surface area (TPSA) is 46.8 Å². The van der Waals surface area contributed by atoms with Gasteiger partial charge in [0.25, 0.3) is 0 Å². The number of halogens is 4. The summed E-state index contributed by atoms with van der Waals surface area (Å²) in [6, 6.07) is 1.01. The smallest absolute Gasteiger partial charge is 0.351 e. The van der Waals surface area contributed by atoms with Gasteiger partial charge in [0.15, 0.2) is 0 Å². The summed E-state index contributed by atoms with van der Waals surface area (Å²) in [5, 5.41) is 4.10. The summed E-state index contributed by atoms with van der Waals surface area (Å²) in [4.78, 5) is 9.85. The van der Waals surface area contributed by atoms with Crippen molar-refractivity contribution in [1.82, 2.24) is 19.7 Å². The van der Waals surface area contributed by atoms with Gasteiger partial charge in [-0.15, -0.1) is 0 Å². The number of aromatic nitrogens is 4. The van der Waals surface area contributed by atoms with E-state index in [1.54, 1.807) is 11.0 Å². The third-order valence-electron chi connectivity index (χ3n) is 3.91. The van der Waals surface area contributed by atoms with Gasteiger partial charge in [-0.3, -0.25) is 4.68 Å². The number of anilines is 1. The minimum Gasteiger partial charge on any atom is -0.351 e. The van der Waals surface area contributed by atoms with E-state index in [1.165, 1.54) is 6.33 Å². The van der Waals surface area contributed by atoms with Crippen molar-refractivity contribution in [1.29, 1.82) is 0 Å². The molecule has 0 aliphatic carbocycles. The van der Waals surface area contributed by atoms with Crippen molar-refractivity contribution in [3.63, 3.8) is 0 Å². The van der Waals surface area contributed by atoms with E-state index in [2.05, 4.69) is 15.1 Å². The Bertz CT molecular complexity index is 659. The van der Waals surface area contributed by atoms with E-state index in [9.17, 15) is 13.2 Å². The van der Waals surface area contributed by atoms with Gasteiger partial charge >= 0.3 is 6.18 Å². The van der Waals surface area contributed by atoms with E-state index >= 15 is 0 Å². The van der Waals surface area contributed by atoms with Crippen LogP contribution in [0.2, 0.25) is 5.02 Å². The van der Waals surface area contributed by atoms with E-state index in [-0.39, 0.29) is 11.1 Å². The molecule has 0 saturated carbocycles. The summed E-state index contributed by atoms with van der Waals surface area (Å²) in [6.07, 6.45) is 2.37. The van der Waals surface area contributed by atoms with Gasteiger partial charge in [0.2, 0.25) is 0 Å². The molecule has 0 amide bonds. The molecule has 5 nitrogen and oxygen atoms in total. The molecule has 2 aromatic rings. The highest BCUT2D eigenvalue weighted by Crippen LogP contribution is 2.35. The van der Waals surface area contributed by atoms with E-state index in [1.807, 2.05) is 4.90 Å². The molecular formula is C14H15ClF3N5. The van der Waals surface area contributed by atoms with Gasteiger partial charge < -0.3 is 4.90 Å². The van der Waals surface area contributed by atoms with E-state index in [0.29, 0.717) is 18.9 Å². The number of hydrogen-bond acceptors (Lipinski definition) is 4. The summed E-state index contributed by atoms with van der Waals surface area (Å²) < 4.78 is 39.9. The average molecular weight is 346 g/mol. The molecule has 23 heavy (non-hydrogen) atoms. The largest absolute Gasteiger partial charge is 0.417 e. The van der Waals surface area contributed by atoms with Crippen LogP contribution in [0.15, 0.2) is 24.9 Å². The quantitative estimate of drug-likeness (QED) is 0.855. The number of rotatable bonds is 3. The number of piperidine rings is 1. The third-order valence-corrected chi connectivity index (χ3v) is 4.19.